The van der Waals surface area contributed by atoms with Gasteiger partial charge >= 0.3 is 0 Å². The molecule has 5 rings (SSSR count). The van der Waals surface area contributed by atoms with Crippen LogP contribution >= 0.6 is 0 Å². The van der Waals surface area contributed by atoms with Gasteiger partial charge in [-0.05, 0) is 41.8 Å². The Morgan fingerprint density at radius 2 is 1.93 bits per heavy atom. The predicted molar refractivity (Wildman–Crippen MR) is 98.5 cm³/mol. The van der Waals surface area contributed by atoms with Crippen LogP contribution in [0.25, 0.3) is 0 Å². The summed E-state index contributed by atoms with van der Waals surface area (Å²) in [6.45, 7) is 5.37. The summed E-state index contributed by atoms with van der Waals surface area (Å²) in [6.07, 6.45) is 4.69. The van der Waals surface area contributed by atoms with E-state index in [-0.39, 0.29) is 5.60 Å². The molecule has 6 heteroatoms. The zero-order valence-electron chi connectivity index (χ0n) is 15.3. The number of hydrogen-bond acceptors (Lipinski definition) is 6. The third kappa shape index (κ3) is 3.40. The second kappa shape index (κ2) is 7.11. The van der Waals surface area contributed by atoms with Gasteiger partial charge in [0.05, 0.1) is 18.8 Å². The molecule has 3 aliphatic rings. The van der Waals surface area contributed by atoms with Crippen LogP contribution in [0.4, 0.5) is 0 Å². The Bertz CT molecular complexity index is 792. The lowest BCUT2D eigenvalue weighted by Gasteiger charge is -2.50. The molecule has 0 aliphatic carbocycles. The number of nitrogens with zero attached hydrogens (tertiary/aromatic N) is 2. The third-order valence-corrected chi connectivity index (χ3v) is 5.76. The van der Waals surface area contributed by atoms with Gasteiger partial charge in [0.15, 0.2) is 11.5 Å². The minimum atomic E-state index is -0.0332. The molecule has 4 heterocycles. The molecule has 0 N–H and O–H groups in total. The number of ether oxygens (including phenoxy) is 4. The van der Waals surface area contributed by atoms with Crippen LogP contribution in [0.1, 0.15) is 17.5 Å². The van der Waals surface area contributed by atoms with Gasteiger partial charge in [-0.3, -0.25) is 9.88 Å². The number of likely N-dealkylation sites (tertiary alicyclic amines) is 1. The Morgan fingerprint density at radius 1 is 1.07 bits per heavy atom. The van der Waals surface area contributed by atoms with E-state index in [2.05, 4.69) is 22.0 Å². The highest BCUT2D eigenvalue weighted by Crippen LogP contribution is 2.41. The Kier molecular flexibility index (Phi) is 4.47. The van der Waals surface area contributed by atoms with E-state index in [1.807, 2.05) is 18.2 Å². The topological polar surface area (TPSA) is 53.1 Å². The minimum absolute atomic E-state index is 0.0332. The van der Waals surface area contributed by atoms with E-state index < -0.39 is 0 Å². The number of hydrogen-bond donors (Lipinski definition) is 0. The van der Waals surface area contributed by atoms with Crippen LogP contribution in [0.5, 0.6) is 11.5 Å². The lowest BCUT2D eigenvalue weighted by Crippen LogP contribution is -2.64. The minimum Gasteiger partial charge on any atom is -0.454 e. The van der Waals surface area contributed by atoms with Gasteiger partial charge in [-0.25, -0.2) is 0 Å². The number of rotatable bonds is 6. The normalized spacial score (nSPS) is 22.9. The molecule has 27 heavy (non-hydrogen) atoms. The first kappa shape index (κ1) is 17.0. The molecule has 0 saturated carbocycles. The summed E-state index contributed by atoms with van der Waals surface area (Å²) in [5, 5.41) is 0. The summed E-state index contributed by atoms with van der Waals surface area (Å²) in [6, 6.07) is 10.2. The van der Waals surface area contributed by atoms with E-state index in [0.29, 0.717) is 19.3 Å². The lowest BCUT2D eigenvalue weighted by atomic mass is 9.81. The largest absolute Gasteiger partial charge is 0.454 e. The molecule has 1 aromatic carbocycles. The fourth-order valence-electron chi connectivity index (χ4n) is 4.29. The lowest BCUT2D eigenvalue weighted by molar-refractivity contribution is -0.146. The molecular weight excluding hydrogens is 344 g/mol. The highest BCUT2D eigenvalue weighted by Gasteiger charge is 2.52. The fourth-order valence-corrected chi connectivity index (χ4v) is 4.29. The Hall–Kier alpha value is -2.15. The Morgan fingerprint density at radius 3 is 2.81 bits per heavy atom. The molecule has 0 unspecified atom stereocenters. The number of pyridine rings is 1. The highest BCUT2D eigenvalue weighted by molar-refractivity contribution is 5.44. The highest BCUT2D eigenvalue weighted by atomic mass is 16.7. The summed E-state index contributed by atoms with van der Waals surface area (Å²) in [7, 11) is 0. The van der Waals surface area contributed by atoms with Crippen molar-refractivity contribution in [1.29, 1.82) is 0 Å². The number of benzene rings is 1. The van der Waals surface area contributed by atoms with Gasteiger partial charge in [0.1, 0.15) is 0 Å². The molecule has 2 saturated heterocycles. The predicted octanol–water partition coefficient (Wildman–Crippen LogP) is 2.62. The van der Waals surface area contributed by atoms with Crippen molar-refractivity contribution in [1.82, 2.24) is 9.88 Å². The van der Waals surface area contributed by atoms with Gasteiger partial charge in [0.2, 0.25) is 6.79 Å². The Balaban J connectivity index is 1.13. The second-order valence-corrected chi connectivity index (χ2v) is 7.60. The molecule has 0 radical (unpaired) electrons. The van der Waals surface area contributed by atoms with E-state index in [0.717, 1.165) is 56.3 Å². The first-order valence-corrected chi connectivity index (χ1v) is 9.52. The van der Waals surface area contributed by atoms with Gasteiger partial charge in [0, 0.05) is 44.6 Å². The Labute approximate surface area is 159 Å². The molecule has 1 spiro atoms. The second-order valence-electron chi connectivity index (χ2n) is 7.60. The van der Waals surface area contributed by atoms with E-state index in [1.54, 1.807) is 12.4 Å². The van der Waals surface area contributed by atoms with Gasteiger partial charge in [-0.15, -0.1) is 0 Å². The van der Waals surface area contributed by atoms with Gasteiger partial charge in [0.25, 0.3) is 0 Å². The average molecular weight is 368 g/mol. The molecule has 1 aromatic heterocycles. The molecular formula is C21H24N2O4. The summed E-state index contributed by atoms with van der Waals surface area (Å²) in [5.41, 5.74) is 2.38. The van der Waals surface area contributed by atoms with Crippen LogP contribution in [0.2, 0.25) is 0 Å². The maximum absolute atomic E-state index is 6.16. The summed E-state index contributed by atoms with van der Waals surface area (Å²) in [4.78, 5) is 6.47. The van der Waals surface area contributed by atoms with Crippen LogP contribution in [-0.4, -0.2) is 48.6 Å². The summed E-state index contributed by atoms with van der Waals surface area (Å²) in [5.74, 6) is 2.15. The molecule has 1 atom stereocenters. The van der Waals surface area contributed by atoms with E-state index in [1.165, 1.54) is 5.56 Å². The molecule has 3 aliphatic heterocycles. The number of fused-ring (bicyclic) bond motifs is 1. The standard InChI is InChI=1S/C21H24N2O4/c1-2-19-20(26-15-25-19)9-17(1)10-23-13-21(14-23)18(5-8-27-21)12-24-11-16-3-6-22-7-4-16/h1-4,6-7,9,18H,5,8,10-15H2/t18-/m0/s1. The molecule has 142 valence electrons. The van der Waals surface area contributed by atoms with Gasteiger partial charge in [-0.2, -0.15) is 0 Å². The monoisotopic (exact) mass is 368 g/mol. The van der Waals surface area contributed by atoms with Crippen LogP contribution in [-0.2, 0) is 22.6 Å². The fraction of sp³-hybridized carbons (Fsp3) is 0.476. The summed E-state index contributed by atoms with van der Waals surface area (Å²) >= 11 is 0. The van der Waals surface area contributed by atoms with Gasteiger partial charge in [-0.1, -0.05) is 6.07 Å². The van der Waals surface area contributed by atoms with Crippen molar-refractivity contribution in [2.75, 3.05) is 33.1 Å². The molecule has 2 fully saturated rings. The van der Waals surface area contributed by atoms with Crippen LogP contribution in [0, 0.1) is 5.92 Å². The smallest absolute Gasteiger partial charge is 0.231 e. The molecule has 0 amide bonds. The first-order valence-electron chi connectivity index (χ1n) is 9.52. The zero-order chi connectivity index (χ0) is 18.1. The van der Waals surface area contributed by atoms with Crippen molar-refractivity contribution in [3.8, 4) is 11.5 Å². The van der Waals surface area contributed by atoms with E-state index in [9.17, 15) is 0 Å². The van der Waals surface area contributed by atoms with Crippen molar-refractivity contribution in [2.45, 2.75) is 25.2 Å². The zero-order valence-corrected chi connectivity index (χ0v) is 15.3. The van der Waals surface area contributed by atoms with Crippen molar-refractivity contribution in [3.05, 3.63) is 53.9 Å². The van der Waals surface area contributed by atoms with E-state index in [4.69, 9.17) is 18.9 Å². The van der Waals surface area contributed by atoms with Crippen molar-refractivity contribution >= 4 is 0 Å². The average Bonchev–Trinajstić information content (AvgIpc) is 3.29. The van der Waals surface area contributed by atoms with E-state index >= 15 is 0 Å². The first-order chi connectivity index (χ1) is 13.3. The molecule has 0 bridgehead atoms. The van der Waals surface area contributed by atoms with Crippen molar-refractivity contribution in [2.24, 2.45) is 5.92 Å². The molecule has 6 nitrogen and oxygen atoms in total. The summed E-state index contributed by atoms with van der Waals surface area (Å²) < 4.78 is 23.0. The molecule has 2 aromatic rings. The maximum Gasteiger partial charge on any atom is 0.231 e. The quantitative estimate of drug-likeness (QED) is 0.781. The van der Waals surface area contributed by atoms with Crippen LogP contribution in [0.15, 0.2) is 42.7 Å². The van der Waals surface area contributed by atoms with Crippen LogP contribution in [0.3, 0.4) is 0 Å². The maximum atomic E-state index is 6.16. The van der Waals surface area contributed by atoms with Gasteiger partial charge < -0.3 is 18.9 Å². The van der Waals surface area contributed by atoms with Crippen LogP contribution < -0.4 is 9.47 Å². The number of aromatic nitrogens is 1. The van der Waals surface area contributed by atoms with Crippen molar-refractivity contribution < 1.29 is 18.9 Å². The third-order valence-electron chi connectivity index (χ3n) is 5.76. The SMILES string of the molecule is c1cc(COC[C@@H]2CCOC23CN(Cc2ccc4c(c2)OCO4)C3)ccn1. The van der Waals surface area contributed by atoms with Crippen molar-refractivity contribution in [3.63, 3.8) is 0 Å².